The second-order valence-electron chi connectivity index (χ2n) is 3.64. The average molecular weight is 292 g/mol. The molecule has 0 fully saturated rings. The van der Waals surface area contributed by atoms with E-state index in [0.29, 0.717) is 0 Å². The second-order valence-corrected chi connectivity index (χ2v) is 4.00. The number of nitrogens with two attached hydrogens (primary N) is 2. The molecule has 2 unspecified atom stereocenters. The quantitative estimate of drug-likeness (QED) is 0.258. The maximum absolute atomic E-state index is 11.4. The largest absolute Gasteiger partial charge is 0.480 e. The van der Waals surface area contributed by atoms with E-state index >= 15 is 0 Å². The smallest absolute Gasteiger partial charge is 0.326 e. The van der Waals surface area contributed by atoms with Gasteiger partial charge < -0.3 is 27.2 Å². The van der Waals surface area contributed by atoms with Crippen LogP contribution in [0.3, 0.4) is 0 Å². The van der Waals surface area contributed by atoms with Crippen LogP contribution in [0.5, 0.6) is 0 Å². The summed E-state index contributed by atoms with van der Waals surface area (Å²) in [4.78, 5) is 43.9. The van der Waals surface area contributed by atoms with E-state index in [9.17, 15) is 19.2 Å². The summed E-state index contributed by atoms with van der Waals surface area (Å²) in [7, 11) is 0. The van der Waals surface area contributed by atoms with Crippen LogP contribution in [-0.4, -0.2) is 53.2 Å². The summed E-state index contributed by atoms with van der Waals surface area (Å²) in [5.41, 5.74) is 10.2. The van der Waals surface area contributed by atoms with Crippen molar-refractivity contribution in [1.29, 1.82) is 0 Å². The standard InChI is InChI=1S/C9H16N4O5S/c10-4(3-19)8(16)12-2-7(15)13-5(9(17)18)1-6(11)14/h4-5,19H,1-3,10H2,(H2,11,14)(H,12,16)(H,13,15)(H,17,18). The minimum atomic E-state index is -1.43. The monoisotopic (exact) mass is 292 g/mol. The molecule has 0 aromatic rings. The summed E-state index contributed by atoms with van der Waals surface area (Å²) in [5, 5.41) is 13.0. The number of carbonyl (C=O) groups excluding carboxylic acids is 3. The third-order valence-electron chi connectivity index (χ3n) is 2.00. The SMILES string of the molecule is NC(=O)CC(NC(=O)CNC(=O)C(N)CS)C(=O)O. The number of amides is 3. The maximum atomic E-state index is 11.4. The van der Waals surface area contributed by atoms with Crippen LogP contribution in [0.1, 0.15) is 6.42 Å². The number of rotatable bonds is 8. The maximum Gasteiger partial charge on any atom is 0.326 e. The number of primary amides is 1. The summed E-state index contributed by atoms with van der Waals surface area (Å²) in [5.74, 6) is -3.52. The third-order valence-corrected chi connectivity index (χ3v) is 2.39. The van der Waals surface area contributed by atoms with E-state index in [0.717, 1.165) is 0 Å². The summed E-state index contributed by atoms with van der Waals surface area (Å²) in [6, 6.07) is -2.29. The van der Waals surface area contributed by atoms with Crippen molar-refractivity contribution in [3.63, 3.8) is 0 Å². The van der Waals surface area contributed by atoms with Gasteiger partial charge in [-0.05, 0) is 0 Å². The van der Waals surface area contributed by atoms with Gasteiger partial charge in [-0.3, -0.25) is 14.4 Å². The lowest BCUT2D eigenvalue weighted by Crippen LogP contribution is -2.49. The minimum absolute atomic E-state index is 0.104. The first-order valence-electron chi connectivity index (χ1n) is 5.22. The molecule has 0 aromatic heterocycles. The topological polar surface area (TPSA) is 165 Å². The predicted octanol–water partition coefficient (Wildman–Crippen LogP) is -3.20. The molecule has 0 radical (unpaired) electrons. The number of nitrogens with one attached hydrogen (secondary N) is 2. The summed E-state index contributed by atoms with van der Waals surface area (Å²) in [6.07, 6.45) is -0.537. The van der Waals surface area contributed by atoms with Crippen molar-refractivity contribution < 1.29 is 24.3 Å². The van der Waals surface area contributed by atoms with E-state index in [1.165, 1.54) is 0 Å². The molecule has 108 valence electrons. The number of aliphatic carboxylic acids is 1. The molecule has 0 rings (SSSR count). The van der Waals surface area contributed by atoms with Gasteiger partial charge in [0, 0.05) is 5.75 Å². The molecule has 0 heterocycles. The van der Waals surface area contributed by atoms with Gasteiger partial charge in [-0.25, -0.2) is 4.79 Å². The summed E-state index contributed by atoms with van der Waals surface area (Å²) in [6.45, 7) is -0.456. The van der Waals surface area contributed by atoms with E-state index in [-0.39, 0.29) is 5.75 Å². The number of hydrogen-bond donors (Lipinski definition) is 6. The van der Waals surface area contributed by atoms with Crippen molar-refractivity contribution in [2.75, 3.05) is 12.3 Å². The number of carboxylic acid groups (broad SMARTS) is 1. The highest BCUT2D eigenvalue weighted by Crippen LogP contribution is 1.91. The first-order chi connectivity index (χ1) is 8.77. The van der Waals surface area contributed by atoms with Gasteiger partial charge in [0.15, 0.2) is 0 Å². The van der Waals surface area contributed by atoms with Crippen LogP contribution in [-0.2, 0) is 19.2 Å². The van der Waals surface area contributed by atoms with Crippen LogP contribution < -0.4 is 22.1 Å². The number of carbonyl (C=O) groups is 4. The second kappa shape index (κ2) is 8.32. The van der Waals surface area contributed by atoms with Gasteiger partial charge in [0.05, 0.1) is 19.0 Å². The zero-order chi connectivity index (χ0) is 15.0. The predicted molar refractivity (Wildman–Crippen MR) is 68.2 cm³/mol. The molecular weight excluding hydrogens is 276 g/mol. The zero-order valence-electron chi connectivity index (χ0n) is 9.96. The van der Waals surface area contributed by atoms with Gasteiger partial charge in [-0.15, -0.1) is 0 Å². The molecule has 0 spiro atoms. The van der Waals surface area contributed by atoms with E-state index in [2.05, 4.69) is 17.9 Å². The van der Waals surface area contributed by atoms with Crippen LogP contribution >= 0.6 is 12.6 Å². The van der Waals surface area contributed by atoms with Crippen LogP contribution in [0.2, 0.25) is 0 Å². The molecule has 0 aliphatic heterocycles. The lowest BCUT2D eigenvalue weighted by molar-refractivity contribution is -0.143. The first kappa shape index (κ1) is 17.2. The van der Waals surface area contributed by atoms with Crippen molar-refractivity contribution >= 4 is 36.3 Å². The highest BCUT2D eigenvalue weighted by atomic mass is 32.1. The van der Waals surface area contributed by atoms with E-state index in [1.54, 1.807) is 0 Å². The van der Waals surface area contributed by atoms with Gasteiger partial charge in [0.1, 0.15) is 6.04 Å². The van der Waals surface area contributed by atoms with Crippen LogP contribution in [0.15, 0.2) is 0 Å². The minimum Gasteiger partial charge on any atom is -0.480 e. The Balaban J connectivity index is 4.24. The Hall–Kier alpha value is -1.81. The van der Waals surface area contributed by atoms with Gasteiger partial charge >= 0.3 is 5.97 Å². The number of thiol groups is 1. The lowest BCUT2D eigenvalue weighted by Gasteiger charge is -2.14. The Morgan fingerprint density at radius 1 is 1.26 bits per heavy atom. The van der Waals surface area contributed by atoms with Crippen molar-refractivity contribution in [3.05, 3.63) is 0 Å². The van der Waals surface area contributed by atoms with E-state index in [1.807, 2.05) is 5.32 Å². The first-order valence-corrected chi connectivity index (χ1v) is 5.85. The highest BCUT2D eigenvalue weighted by Gasteiger charge is 2.22. The molecule has 0 saturated heterocycles. The summed E-state index contributed by atoms with van der Waals surface area (Å²) < 4.78 is 0. The molecule has 0 saturated carbocycles. The Kier molecular flexibility index (Phi) is 7.53. The fourth-order valence-corrected chi connectivity index (χ4v) is 1.19. The highest BCUT2D eigenvalue weighted by molar-refractivity contribution is 7.80. The van der Waals surface area contributed by atoms with Crippen LogP contribution in [0.4, 0.5) is 0 Å². The Morgan fingerprint density at radius 2 is 1.84 bits per heavy atom. The Labute approximate surface area is 114 Å². The van der Waals surface area contributed by atoms with Crippen molar-refractivity contribution in [3.8, 4) is 0 Å². The van der Waals surface area contributed by atoms with Crippen LogP contribution in [0.25, 0.3) is 0 Å². The molecule has 0 aliphatic carbocycles. The van der Waals surface area contributed by atoms with Gasteiger partial charge in [-0.2, -0.15) is 12.6 Å². The Bertz CT molecular complexity index is 376. The zero-order valence-corrected chi connectivity index (χ0v) is 10.9. The number of hydrogen-bond acceptors (Lipinski definition) is 6. The molecule has 0 aromatic carbocycles. The third kappa shape index (κ3) is 7.26. The number of carboxylic acids is 1. The van der Waals surface area contributed by atoms with Crippen molar-refractivity contribution in [1.82, 2.24) is 10.6 Å². The van der Waals surface area contributed by atoms with Crippen molar-refractivity contribution in [2.24, 2.45) is 11.5 Å². The fourth-order valence-electron chi connectivity index (χ4n) is 1.03. The van der Waals surface area contributed by atoms with Crippen molar-refractivity contribution in [2.45, 2.75) is 18.5 Å². The lowest BCUT2D eigenvalue weighted by atomic mass is 10.2. The van der Waals surface area contributed by atoms with Gasteiger partial charge in [0.2, 0.25) is 17.7 Å². The summed E-state index contributed by atoms with van der Waals surface area (Å²) >= 11 is 3.80. The average Bonchev–Trinajstić information content (AvgIpc) is 2.33. The molecule has 2 atom stereocenters. The Morgan fingerprint density at radius 3 is 2.26 bits per heavy atom. The molecule has 9 nitrogen and oxygen atoms in total. The molecule has 3 amide bonds. The van der Waals surface area contributed by atoms with E-state index in [4.69, 9.17) is 16.6 Å². The van der Waals surface area contributed by atoms with E-state index < -0.39 is 48.7 Å². The molecule has 19 heavy (non-hydrogen) atoms. The molecule has 7 N–H and O–H groups in total. The molecular formula is C9H16N4O5S. The van der Waals surface area contributed by atoms with Gasteiger partial charge in [-0.1, -0.05) is 0 Å². The fraction of sp³-hybridized carbons (Fsp3) is 0.556. The van der Waals surface area contributed by atoms with Gasteiger partial charge in [0.25, 0.3) is 0 Å². The molecule has 0 bridgehead atoms. The van der Waals surface area contributed by atoms with Crippen LogP contribution in [0, 0.1) is 0 Å². The normalized spacial score (nSPS) is 13.2. The molecule has 0 aliphatic rings. The molecule has 10 heteroatoms.